The Labute approximate surface area is 219 Å². The molecule has 3 aromatic heterocycles. The number of hydrogen-bond acceptors (Lipinski definition) is 3. The Bertz CT molecular complexity index is 1230. The molecule has 7 rings (SSSR count). The van der Waals surface area contributed by atoms with Gasteiger partial charge in [0.1, 0.15) is 0 Å². The summed E-state index contributed by atoms with van der Waals surface area (Å²) in [5, 5.41) is 0. The van der Waals surface area contributed by atoms with Crippen LogP contribution in [0.4, 0.5) is 0 Å². The summed E-state index contributed by atoms with van der Waals surface area (Å²) >= 11 is 0. The van der Waals surface area contributed by atoms with E-state index in [1.165, 1.54) is 60.1 Å². The number of benzene rings is 1. The Morgan fingerprint density at radius 2 is 1.56 bits per heavy atom. The first-order valence-corrected chi connectivity index (χ1v) is 13.1. The van der Waals surface area contributed by atoms with Gasteiger partial charge in [0.15, 0.2) is 17.5 Å². The second-order valence-electron chi connectivity index (χ2n) is 10.1. The fourth-order valence-corrected chi connectivity index (χ4v) is 6.49. The monoisotopic (exact) mass is 503 g/mol. The van der Waals surface area contributed by atoms with Gasteiger partial charge in [-0.25, -0.2) is 0 Å². The maximum absolute atomic E-state index is 6.22. The molecule has 5 heteroatoms. The van der Waals surface area contributed by atoms with Crippen molar-refractivity contribution in [1.82, 2.24) is 0 Å². The molecule has 5 heterocycles. The summed E-state index contributed by atoms with van der Waals surface area (Å²) in [5.74, 6) is 1.12. The quantitative estimate of drug-likeness (QED) is 0.239. The average Bonchev–Trinajstić information content (AvgIpc) is 3.64. The van der Waals surface area contributed by atoms with E-state index in [0.29, 0.717) is 0 Å². The predicted molar refractivity (Wildman–Crippen MR) is 135 cm³/mol. The van der Waals surface area contributed by atoms with E-state index in [-0.39, 0.29) is 29.8 Å². The molecule has 0 amide bonds. The summed E-state index contributed by atoms with van der Waals surface area (Å²) in [6.07, 6.45) is 18.2. The zero-order valence-corrected chi connectivity index (χ0v) is 21.6. The highest BCUT2D eigenvalue weighted by atomic mass is 35.5. The molecular weight excluding hydrogens is 470 g/mol. The molecule has 2 aliphatic heterocycles. The minimum Gasteiger partial charge on any atom is -1.00 e. The molecule has 3 aliphatic rings. The number of aromatic nitrogens is 1. The third-order valence-corrected chi connectivity index (χ3v) is 8.13. The number of unbranched alkanes of at least 4 members (excludes halogenated alkanes) is 5. The summed E-state index contributed by atoms with van der Waals surface area (Å²) in [5.41, 5.74) is 6.29. The lowest BCUT2D eigenvalue weighted by atomic mass is 9.54. The number of halogens is 1. The lowest BCUT2D eigenvalue weighted by Crippen LogP contribution is -3.00. The van der Waals surface area contributed by atoms with Gasteiger partial charge in [-0.2, -0.15) is 4.57 Å². The molecule has 2 unspecified atom stereocenters. The van der Waals surface area contributed by atoms with Crippen LogP contribution in [0.1, 0.15) is 91.8 Å². The first kappa shape index (κ1) is 24.7. The molecule has 4 nitrogen and oxygen atoms in total. The van der Waals surface area contributed by atoms with Gasteiger partial charge < -0.3 is 26.0 Å². The number of rotatable bonds is 10. The van der Waals surface area contributed by atoms with E-state index >= 15 is 0 Å². The molecule has 2 bridgehead atoms. The van der Waals surface area contributed by atoms with Crippen LogP contribution >= 0.6 is 0 Å². The van der Waals surface area contributed by atoms with Gasteiger partial charge >= 0.3 is 0 Å². The standard InChI is InChI=1S/C31H34NO3.ClH/c1-2-3-4-5-6-9-16-35-25-12-13-28-30-27-11-8-7-10-26(27)29(32(28)20-25)19-31(30,23-14-17-33-21-23)24-15-18-34-22-24;/h7-8,10-15,17-18,20-22,29-30H,2-6,9,16,19H2,1H3;1H/q+1;/p-1. The fraction of sp³-hybridized carbons (Fsp3) is 0.387. The number of furan rings is 2. The van der Waals surface area contributed by atoms with Gasteiger partial charge in [0, 0.05) is 29.2 Å². The lowest BCUT2D eigenvalue weighted by molar-refractivity contribution is -0.732. The molecule has 1 aliphatic carbocycles. The van der Waals surface area contributed by atoms with Crippen LogP contribution in [0.3, 0.4) is 0 Å². The van der Waals surface area contributed by atoms with Crippen LogP contribution in [0, 0.1) is 0 Å². The number of nitrogens with zero attached hydrogens (tertiary/aromatic N) is 1. The number of hydrogen-bond donors (Lipinski definition) is 0. The van der Waals surface area contributed by atoms with Crippen molar-refractivity contribution in [3.05, 3.63) is 108 Å². The predicted octanol–water partition coefficient (Wildman–Crippen LogP) is 4.33. The third-order valence-electron chi connectivity index (χ3n) is 8.13. The summed E-state index contributed by atoms with van der Waals surface area (Å²) in [4.78, 5) is 0. The van der Waals surface area contributed by atoms with Crippen molar-refractivity contribution in [2.75, 3.05) is 6.61 Å². The van der Waals surface area contributed by atoms with E-state index in [1.807, 2.05) is 12.5 Å². The van der Waals surface area contributed by atoms with Gasteiger partial charge in [-0.3, -0.25) is 0 Å². The zero-order valence-electron chi connectivity index (χ0n) is 20.9. The zero-order chi connectivity index (χ0) is 23.7. The van der Waals surface area contributed by atoms with Gasteiger partial charge in [-0.15, -0.1) is 0 Å². The molecule has 4 aromatic rings. The summed E-state index contributed by atoms with van der Waals surface area (Å²) in [7, 11) is 0. The second-order valence-corrected chi connectivity index (χ2v) is 10.1. The highest BCUT2D eigenvalue weighted by Crippen LogP contribution is 2.59. The molecule has 0 radical (unpaired) electrons. The molecular formula is C31H34ClNO3. The minimum absolute atomic E-state index is 0. The Balaban J connectivity index is 0.00000267. The maximum Gasteiger partial charge on any atom is 0.211 e. The van der Waals surface area contributed by atoms with Crippen molar-refractivity contribution in [1.29, 1.82) is 0 Å². The topological polar surface area (TPSA) is 39.4 Å². The Hall–Kier alpha value is -2.98. The molecule has 188 valence electrons. The van der Waals surface area contributed by atoms with Crippen molar-refractivity contribution in [3.8, 4) is 5.75 Å². The fourth-order valence-electron chi connectivity index (χ4n) is 6.49. The van der Waals surface area contributed by atoms with E-state index in [2.05, 4.69) is 66.2 Å². The Morgan fingerprint density at radius 1 is 0.861 bits per heavy atom. The van der Waals surface area contributed by atoms with Crippen molar-refractivity contribution in [2.45, 2.75) is 69.2 Å². The highest BCUT2D eigenvalue weighted by Gasteiger charge is 2.60. The first-order chi connectivity index (χ1) is 17.3. The van der Waals surface area contributed by atoms with E-state index in [0.717, 1.165) is 25.2 Å². The van der Waals surface area contributed by atoms with Gasteiger partial charge in [-0.1, -0.05) is 63.3 Å². The SMILES string of the molecule is CCCCCCCCOc1ccc2[n+](c1)C1CC(c3ccoc3)(c3ccoc3)C2c2ccccc21.[Cl-]. The van der Waals surface area contributed by atoms with Crippen molar-refractivity contribution in [3.63, 3.8) is 0 Å². The molecule has 0 saturated heterocycles. The van der Waals surface area contributed by atoms with Crippen LogP contribution in [0.2, 0.25) is 0 Å². The number of pyridine rings is 1. The van der Waals surface area contributed by atoms with Crippen LogP contribution in [-0.4, -0.2) is 6.61 Å². The normalized spacial score (nSPS) is 18.8. The second kappa shape index (κ2) is 10.6. The third kappa shape index (κ3) is 4.06. The molecule has 0 spiro atoms. The van der Waals surface area contributed by atoms with Crippen molar-refractivity contribution in [2.24, 2.45) is 0 Å². The van der Waals surface area contributed by atoms with Crippen molar-refractivity contribution < 1.29 is 30.5 Å². The van der Waals surface area contributed by atoms with Gasteiger partial charge in [-0.05, 0) is 30.2 Å². The van der Waals surface area contributed by atoms with E-state index in [4.69, 9.17) is 13.6 Å². The number of ether oxygens (including phenoxy) is 1. The smallest absolute Gasteiger partial charge is 0.211 e. The summed E-state index contributed by atoms with van der Waals surface area (Å²) in [6, 6.07) is 17.8. The van der Waals surface area contributed by atoms with Crippen LogP contribution in [-0.2, 0) is 5.41 Å². The maximum atomic E-state index is 6.22. The van der Waals surface area contributed by atoms with Crippen LogP contribution in [0.25, 0.3) is 0 Å². The molecule has 36 heavy (non-hydrogen) atoms. The first-order valence-electron chi connectivity index (χ1n) is 13.1. The van der Waals surface area contributed by atoms with E-state index in [1.54, 1.807) is 12.5 Å². The summed E-state index contributed by atoms with van der Waals surface area (Å²) < 4.78 is 19.9. The van der Waals surface area contributed by atoms with Crippen LogP contribution < -0.4 is 21.7 Å². The highest BCUT2D eigenvalue weighted by molar-refractivity contribution is 5.54. The van der Waals surface area contributed by atoms with Crippen LogP contribution in [0.15, 0.2) is 88.6 Å². The van der Waals surface area contributed by atoms with Crippen molar-refractivity contribution >= 4 is 0 Å². The Morgan fingerprint density at radius 3 is 2.25 bits per heavy atom. The molecule has 0 fully saturated rings. The van der Waals surface area contributed by atoms with E-state index < -0.39 is 0 Å². The Kier molecular flexibility index (Phi) is 7.25. The molecule has 1 aromatic carbocycles. The molecule has 0 saturated carbocycles. The largest absolute Gasteiger partial charge is 1.00 e. The van der Waals surface area contributed by atoms with Gasteiger partial charge in [0.2, 0.25) is 6.20 Å². The number of fused-ring (bicyclic) bond motifs is 1. The minimum atomic E-state index is -0.236. The lowest BCUT2D eigenvalue weighted by Gasteiger charge is -2.48. The van der Waals surface area contributed by atoms with E-state index in [9.17, 15) is 0 Å². The van der Waals surface area contributed by atoms with Crippen LogP contribution in [0.5, 0.6) is 5.75 Å². The van der Waals surface area contributed by atoms with Gasteiger partial charge in [0.05, 0.1) is 43.0 Å². The molecule has 2 atom stereocenters. The molecule has 0 N–H and O–H groups in total. The average molecular weight is 504 g/mol. The summed E-state index contributed by atoms with van der Waals surface area (Å²) in [6.45, 7) is 3.04. The van der Waals surface area contributed by atoms with Gasteiger partial charge in [0.25, 0.3) is 0 Å².